The van der Waals surface area contributed by atoms with Gasteiger partial charge in [0.2, 0.25) is 0 Å². The number of carboxylic acids is 1. The molecule has 0 spiro atoms. The summed E-state index contributed by atoms with van der Waals surface area (Å²) in [5.41, 5.74) is -0.715. The number of amides is 1. The summed E-state index contributed by atoms with van der Waals surface area (Å²) in [5, 5.41) is 16.7. The third-order valence-electron chi connectivity index (χ3n) is 2.66. The highest BCUT2D eigenvalue weighted by Crippen LogP contribution is 2.33. The van der Waals surface area contributed by atoms with Gasteiger partial charge < -0.3 is 9.84 Å². The van der Waals surface area contributed by atoms with E-state index in [0.717, 1.165) is 12.8 Å². The van der Waals surface area contributed by atoms with Crippen LogP contribution in [0.2, 0.25) is 0 Å². The Morgan fingerprint density at radius 3 is 2.55 bits per heavy atom. The lowest BCUT2D eigenvalue weighted by atomic mass is 10.2. The summed E-state index contributed by atoms with van der Waals surface area (Å²) >= 11 is 0. The molecule has 2 rings (SSSR count). The van der Waals surface area contributed by atoms with Gasteiger partial charge in [0, 0.05) is 6.04 Å². The Morgan fingerprint density at radius 2 is 2.05 bits per heavy atom. The van der Waals surface area contributed by atoms with Gasteiger partial charge in [-0.2, -0.15) is 5.10 Å². The normalized spacial score (nSPS) is 14.8. The molecule has 1 fully saturated rings. The first-order valence-electron chi connectivity index (χ1n) is 6.37. The number of aromatic carboxylic acids is 1. The molecule has 1 saturated carbocycles. The van der Waals surface area contributed by atoms with E-state index >= 15 is 0 Å². The molecule has 0 atom stereocenters. The maximum atomic E-state index is 12.3. The van der Waals surface area contributed by atoms with Crippen LogP contribution in [-0.4, -0.2) is 39.0 Å². The Labute approximate surface area is 116 Å². The zero-order valence-corrected chi connectivity index (χ0v) is 11.7. The lowest BCUT2D eigenvalue weighted by Gasteiger charge is -2.27. The predicted molar refractivity (Wildman–Crippen MR) is 70.7 cm³/mol. The van der Waals surface area contributed by atoms with E-state index in [-0.39, 0.29) is 17.4 Å². The van der Waals surface area contributed by atoms with Crippen LogP contribution >= 0.6 is 0 Å². The molecule has 7 heteroatoms. The zero-order chi connectivity index (χ0) is 14.9. The Kier molecular flexibility index (Phi) is 3.61. The Morgan fingerprint density at radius 1 is 1.40 bits per heavy atom. The number of hydrogen-bond donors (Lipinski definition) is 1. The number of ether oxygens (including phenoxy) is 1. The number of carboxylic acid groups (broad SMARTS) is 1. The topological polar surface area (TPSA) is 92.6 Å². The molecule has 1 aromatic heterocycles. The fourth-order valence-corrected chi connectivity index (χ4v) is 1.72. The van der Waals surface area contributed by atoms with E-state index in [0.29, 0.717) is 0 Å². The van der Waals surface area contributed by atoms with Crippen molar-refractivity contribution in [1.82, 2.24) is 10.2 Å². The Balaban J connectivity index is 2.35. The third kappa shape index (κ3) is 3.23. The van der Waals surface area contributed by atoms with E-state index in [4.69, 9.17) is 4.74 Å². The molecule has 0 saturated heterocycles. The van der Waals surface area contributed by atoms with Crippen LogP contribution in [0.4, 0.5) is 10.6 Å². The SMILES string of the molecule is CC(C)(C)OC(=O)N(c1nnccc1C(=O)O)C1CC1. The number of carbonyl (C=O) groups is 2. The van der Waals surface area contributed by atoms with E-state index < -0.39 is 17.7 Å². The number of anilines is 1. The average molecular weight is 279 g/mol. The molecule has 0 bridgehead atoms. The van der Waals surface area contributed by atoms with E-state index in [1.165, 1.54) is 17.2 Å². The first-order chi connectivity index (χ1) is 9.29. The molecule has 1 heterocycles. The van der Waals surface area contributed by atoms with Crippen LogP contribution in [0.1, 0.15) is 44.0 Å². The minimum absolute atomic E-state index is 0.0387. The van der Waals surface area contributed by atoms with Crippen molar-refractivity contribution in [3.63, 3.8) is 0 Å². The fourth-order valence-electron chi connectivity index (χ4n) is 1.72. The summed E-state index contributed by atoms with van der Waals surface area (Å²) in [6, 6.07) is 1.25. The summed E-state index contributed by atoms with van der Waals surface area (Å²) in [7, 11) is 0. The summed E-state index contributed by atoms with van der Waals surface area (Å²) < 4.78 is 5.32. The van der Waals surface area contributed by atoms with Gasteiger partial charge in [0.15, 0.2) is 5.82 Å². The molecule has 1 aliphatic carbocycles. The van der Waals surface area contributed by atoms with Crippen LogP contribution < -0.4 is 4.90 Å². The molecule has 0 unspecified atom stereocenters. The molecule has 0 aromatic carbocycles. The maximum Gasteiger partial charge on any atom is 0.416 e. The molecule has 0 aliphatic heterocycles. The molecular formula is C13H17N3O4. The minimum Gasteiger partial charge on any atom is -0.478 e. The highest BCUT2D eigenvalue weighted by atomic mass is 16.6. The van der Waals surface area contributed by atoms with Gasteiger partial charge in [0.05, 0.1) is 6.20 Å². The lowest BCUT2D eigenvalue weighted by Crippen LogP contribution is -2.39. The molecule has 1 aliphatic rings. The first-order valence-corrected chi connectivity index (χ1v) is 6.37. The number of aromatic nitrogens is 2. The highest BCUT2D eigenvalue weighted by molar-refractivity contribution is 5.98. The number of rotatable bonds is 3. The van der Waals surface area contributed by atoms with Crippen molar-refractivity contribution >= 4 is 17.9 Å². The monoisotopic (exact) mass is 279 g/mol. The molecule has 108 valence electrons. The molecule has 0 radical (unpaired) electrons. The number of carbonyl (C=O) groups excluding carboxylic acids is 1. The van der Waals surface area contributed by atoms with Crippen LogP contribution in [0.15, 0.2) is 12.3 Å². The van der Waals surface area contributed by atoms with E-state index in [9.17, 15) is 14.7 Å². The van der Waals surface area contributed by atoms with Crippen molar-refractivity contribution in [3.8, 4) is 0 Å². The molecular weight excluding hydrogens is 262 g/mol. The van der Waals surface area contributed by atoms with Crippen molar-refractivity contribution in [3.05, 3.63) is 17.8 Å². The van der Waals surface area contributed by atoms with Crippen LogP contribution in [0, 0.1) is 0 Å². The molecule has 1 N–H and O–H groups in total. The van der Waals surface area contributed by atoms with Gasteiger partial charge in [0.1, 0.15) is 11.2 Å². The van der Waals surface area contributed by atoms with Gasteiger partial charge in [-0.25, -0.2) is 9.59 Å². The third-order valence-corrected chi connectivity index (χ3v) is 2.66. The van der Waals surface area contributed by atoms with Gasteiger partial charge in [-0.3, -0.25) is 4.90 Å². The summed E-state index contributed by atoms with van der Waals surface area (Å²) in [4.78, 5) is 24.8. The minimum atomic E-state index is -1.15. The highest BCUT2D eigenvalue weighted by Gasteiger charge is 2.39. The number of hydrogen-bond acceptors (Lipinski definition) is 5. The van der Waals surface area contributed by atoms with Crippen LogP contribution in [0.3, 0.4) is 0 Å². The van der Waals surface area contributed by atoms with Crippen molar-refractivity contribution in [2.45, 2.75) is 45.3 Å². The standard InChI is InChI=1S/C13H17N3O4/c1-13(2,3)20-12(19)16(8-4-5-8)10-9(11(17)18)6-7-14-15-10/h6-8H,4-5H2,1-3H3,(H,17,18). The average Bonchev–Trinajstić information content (AvgIpc) is 3.11. The van der Waals surface area contributed by atoms with Gasteiger partial charge in [0.25, 0.3) is 0 Å². The lowest BCUT2D eigenvalue weighted by molar-refractivity contribution is 0.0576. The second kappa shape index (κ2) is 5.07. The Hall–Kier alpha value is -2.18. The summed E-state index contributed by atoms with van der Waals surface area (Å²) in [6.07, 6.45) is 2.29. The smallest absolute Gasteiger partial charge is 0.416 e. The second-order valence-corrected chi connectivity index (χ2v) is 5.66. The van der Waals surface area contributed by atoms with Crippen LogP contribution in [-0.2, 0) is 4.74 Å². The van der Waals surface area contributed by atoms with E-state index in [2.05, 4.69) is 10.2 Å². The van der Waals surface area contributed by atoms with Crippen molar-refractivity contribution < 1.29 is 19.4 Å². The maximum absolute atomic E-state index is 12.3. The van der Waals surface area contributed by atoms with Crippen LogP contribution in [0.25, 0.3) is 0 Å². The van der Waals surface area contributed by atoms with Gasteiger partial charge in [-0.05, 0) is 39.7 Å². The largest absolute Gasteiger partial charge is 0.478 e. The van der Waals surface area contributed by atoms with Gasteiger partial charge >= 0.3 is 12.1 Å². The van der Waals surface area contributed by atoms with Crippen molar-refractivity contribution in [2.75, 3.05) is 4.90 Å². The second-order valence-electron chi connectivity index (χ2n) is 5.66. The van der Waals surface area contributed by atoms with E-state index in [1.54, 1.807) is 20.8 Å². The van der Waals surface area contributed by atoms with Gasteiger partial charge in [-0.1, -0.05) is 0 Å². The van der Waals surface area contributed by atoms with Crippen molar-refractivity contribution in [2.24, 2.45) is 0 Å². The zero-order valence-electron chi connectivity index (χ0n) is 11.7. The molecule has 1 aromatic rings. The quantitative estimate of drug-likeness (QED) is 0.910. The molecule has 20 heavy (non-hydrogen) atoms. The Bertz CT molecular complexity index is 535. The van der Waals surface area contributed by atoms with Gasteiger partial charge in [-0.15, -0.1) is 5.10 Å². The first kappa shape index (κ1) is 14.2. The fraction of sp³-hybridized carbons (Fsp3) is 0.538. The summed E-state index contributed by atoms with van der Waals surface area (Å²) in [6.45, 7) is 5.26. The van der Waals surface area contributed by atoms with E-state index in [1.807, 2.05) is 0 Å². The van der Waals surface area contributed by atoms with Crippen LogP contribution in [0.5, 0.6) is 0 Å². The molecule has 1 amide bonds. The predicted octanol–water partition coefficient (Wildman–Crippen LogP) is 2.08. The number of nitrogens with zero attached hydrogens (tertiary/aromatic N) is 3. The molecule has 7 nitrogen and oxygen atoms in total. The summed E-state index contributed by atoms with van der Waals surface area (Å²) in [5.74, 6) is -1.11. The van der Waals surface area contributed by atoms with Crippen molar-refractivity contribution in [1.29, 1.82) is 0 Å².